The van der Waals surface area contributed by atoms with E-state index in [2.05, 4.69) is 31.2 Å². The van der Waals surface area contributed by atoms with Crippen molar-refractivity contribution in [1.82, 2.24) is 0 Å². The molecule has 0 saturated carbocycles. The first-order chi connectivity index (χ1) is 7.86. The second-order valence-corrected chi connectivity index (χ2v) is 4.43. The molecule has 2 rings (SSSR count). The summed E-state index contributed by atoms with van der Waals surface area (Å²) >= 11 is 0. The largest absolute Gasteiger partial charge is 0.396 e. The average molecular weight is 220 g/mol. The summed E-state index contributed by atoms with van der Waals surface area (Å²) in [6.45, 7) is 3.21. The van der Waals surface area contributed by atoms with Crippen LogP contribution in [0.3, 0.4) is 0 Å². The molecule has 1 saturated heterocycles. The van der Waals surface area contributed by atoms with Crippen LogP contribution in [0.1, 0.15) is 37.0 Å². The number of hydrogen-bond donors (Lipinski definition) is 1. The number of aliphatic hydroxyl groups excluding tert-OH is 1. The SMILES string of the molecule is CCc1ccccc1C1OCCCC1CO. The van der Waals surface area contributed by atoms with Crippen molar-refractivity contribution >= 4 is 0 Å². The van der Waals surface area contributed by atoms with E-state index in [9.17, 15) is 5.11 Å². The van der Waals surface area contributed by atoms with E-state index < -0.39 is 0 Å². The molecule has 2 atom stereocenters. The Balaban J connectivity index is 2.26. The van der Waals surface area contributed by atoms with E-state index in [1.807, 2.05) is 0 Å². The number of hydrogen-bond acceptors (Lipinski definition) is 2. The van der Waals surface area contributed by atoms with Crippen LogP contribution in [0.5, 0.6) is 0 Å². The maximum Gasteiger partial charge on any atom is 0.0877 e. The molecule has 0 aliphatic carbocycles. The molecule has 1 aromatic carbocycles. The van der Waals surface area contributed by atoms with Gasteiger partial charge in [-0.3, -0.25) is 0 Å². The van der Waals surface area contributed by atoms with Crippen molar-refractivity contribution in [3.63, 3.8) is 0 Å². The molecular weight excluding hydrogens is 200 g/mol. The molecule has 16 heavy (non-hydrogen) atoms. The predicted molar refractivity (Wildman–Crippen MR) is 64.3 cm³/mol. The molecule has 2 heteroatoms. The minimum Gasteiger partial charge on any atom is -0.396 e. The third kappa shape index (κ3) is 2.28. The van der Waals surface area contributed by atoms with Gasteiger partial charge in [-0.15, -0.1) is 0 Å². The first-order valence-corrected chi connectivity index (χ1v) is 6.17. The van der Waals surface area contributed by atoms with Crippen LogP contribution in [0, 0.1) is 5.92 Å². The van der Waals surface area contributed by atoms with Crippen LogP contribution in [0.2, 0.25) is 0 Å². The highest BCUT2D eigenvalue weighted by Gasteiger charge is 2.27. The molecule has 1 heterocycles. The normalized spacial score (nSPS) is 25.6. The highest BCUT2D eigenvalue weighted by Crippen LogP contribution is 2.35. The third-order valence-corrected chi connectivity index (χ3v) is 3.42. The first-order valence-electron chi connectivity index (χ1n) is 6.17. The standard InChI is InChI=1S/C14H20O2/c1-2-11-6-3-4-8-13(11)14-12(10-15)7-5-9-16-14/h3-4,6,8,12,14-15H,2,5,7,9-10H2,1H3. The lowest BCUT2D eigenvalue weighted by atomic mass is 9.87. The highest BCUT2D eigenvalue weighted by molar-refractivity contribution is 5.29. The molecule has 1 fully saturated rings. The molecule has 2 nitrogen and oxygen atoms in total. The van der Waals surface area contributed by atoms with Gasteiger partial charge in [-0.25, -0.2) is 0 Å². The summed E-state index contributed by atoms with van der Waals surface area (Å²) in [7, 11) is 0. The summed E-state index contributed by atoms with van der Waals surface area (Å²) in [4.78, 5) is 0. The molecule has 0 amide bonds. The molecule has 2 unspecified atom stereocenters. The smallest absolute Gasteiger partial charge is 0.0877 e. The zero-order chi connectivity index (χ0) is 11.4. The lowest BCUT2D eigenvalue weighted by Gasteiger charge is -2.32. The lowest BCUT2D eigenvalue weighted by Crippen LogP contribution is -2.26. The van der Waals surface area contributed by atoms with Gasteiger partial charge in [0.15, 0.2) is 0 Å². The Kier molecular flexibility index (Phi) is 3.97. The minimum absolute atomic E-state index is 0.0925. The zero-order valence-electron chi connectivity index (χ0n) is 9.86. The number of benzene rings is 1. The molecule has 1 N–H and O–H groups in total. The van der Waals surface area contributed by atoms with Gasteiger partial charge in [-0.1, -0.05) is 31.2 Å². The predicted octanol–water partition coefficient (Wildman–Crippen LogP) is 2.71. The van der Waals surface area contributed by atoms with Crippen molar-refractivity contribution in [3.05, 3.63) is 35.4 Å². The van der Waals surface area contributed by atoms with Gasteiger partial charge < -0.3 is 9.84 Å². The highest BCUT2D eigenvalue weighted by atomic mass is 16.5. The van der Waals surface area contributed by atoms with Crippen LogP contribution < -0.4 is 0 Å². The summed E-state index contributed by atoms with van der Waals surface area (Å²) in [5.74, 6) is 0.265. The van der Waals surface area contributed by atoms with Crippen LogP contribution in [-0.2, 0) is 11.2 Å². The maximum absolute atomic E-state index is 9.41. The van der Waals surface area contributed by atoms with Crippen molar-refractivity contribution in [2.45, 2.75) is 32.3 Å². The molecular formula is C14H20O2. The number of ether oxygens (including phenoxy) is 1. The van der Waals surface area contributed by atoms with E-state index in [1.165, 1.54) is 11.1 Å². The number of aryl methyl sites for hydroxylation is 1. The fourth-order valence-electron chi connectivity index (χ4n) is 2.51. The van der Waals surface area contributed by atoms with Crippen molar-refractivity contribution in [1.29, 1.82) is 0 Å². The Hall–Kier alpha value is -0.860. The Morgan fingerprint density at radius 3 is 2.94 bits per heavy atom. The Bertz CT molecular complexity index is 335. The molecule has 1 aliphatic rings. The van der Waals surface area contributed by atoms with Gasteiger partial charge >= 0.3 is 0 Å². The van der Waals surface area contributed by atoms with E-state index in [-0.39, 0.29) is 18.6 Å². The Morgan fingerprint density at radius 2 is 2.19 bits per heavy atom. The van der Waals surface area contributed by atoms with Gasteiger partial charge in [0.2, 0.25) is 0 Å². The zero-order valence-corrected chi connectivity index (χ0v) is 9.86. The van der Waals surface area contributed by atoms with Crippen molar-refractivity contribution in [2.24, 2.45) is 5.92 Å². The van der Waals surface area contributed by atoms with Crippen molar-refractivity contribution in [2.75, 3.05) is 13.2 Å². The van der Waals surface area contributed by atoms with Crippen LogP contribution in [0.15, 0.2) is 24.3 Å². The van der Waals surface area contributed by atoms with Gasteiger partial charge in [0.05, 0.1) is 6.10 Å². The lowest BCUT2D eigenvalue weighted by molar-refractivity contribution is -0.0461. The van der Waals surface area contributed by atoms with Crippen molar-refractivity contribution in [3.8, 4) is 0 Å². The van der Waals surface area contributed by atoms with Crippen molar-refractivity contribution < 1.29 is 9.84 Å². The monoisotopic (exact) mass is 220 g/mol. The summed E-state index contributed by atoms with van der Waals surface area (Å²) < 4.78 is 5.85. The van der Waals surface area contributed by atoms with E-state index in [0.717, 1.165) is 25.9 Å². The molecule has 1 aliphatic heterocycles. The molecule has 0 spiro atoms. The topological polar surface area (TPSA) is 29.5 Å². The third-order valence-electron chi connectivity index (χ3n) is 3.42. The number of rotatable bonds is 3. The van der Waals surface area contributed by atoms with E-state index in [0.29, 0.717) is 0 Å². The minimum atomic E-state index is 0.0925. The molecule has 0 aromatic heterocycles. The van der Waals surface area contributed by atoms with E-state index in [1.54, 1.807) is 0 Å². The summed E-state index contributed by atoms with van der Waals surface area (Å²) in [5.41, 5.74) is 2.61. The fraction of sp³-hybridized carbons (Fsp3) is 0.571. The molecule has 0 bridgehead atoms. The van der Waals surface area contributed by atoms with Crippen LogP contribution in [-0.4, -0.2) is 18.3 Å². The number of aliphatic hydroxyl groups is 1. The maximum atomic E-state index is 9.41. The fourth-order valence-corrected chi connectivity index (χ4v) is 2.51. The quantitative estimate of drug-likeness (QED) is 0.848. The van der Waals surface area contributed by atoms with E-state index >= 15 is 0 Å². The molecule has 88 valence electrons. The van der Waals surface area contributed by atoms with Crippen LogP contribution >= 0.6 is 0 Å². The van der Waals surface area contributed by atoms with Gasteiger partial charge in [0, 0.05) is 19.1 Å². The first kappa shape index (κ1) is 11.6. The second-order valence-electron chi connectivity index (χ2n) is 4.43. The molecule has 1 aromatic rings. The van der Waals surface area contributed by atoms with Gasteiger partial charge in [0.25, 0.3) is 0 Å². The summed E-state index contributed by atoms with van der Waals surface area (Å²) in [6, 6.07) is 8.42. The Morgan fingerprint density at radius 1 is 1.38 bits per heavy atom. The van der Waals surface area contributed by atoms with Crippen LogP contribution in [0.25, 0.3) is 0 Å². The van der Waals surface area contributed by atoms with Gasteiger partial charge in [0.1, 0.15) is 0 Å². The Labute approximate surface area is 97.3 Å². The summed E-state index contributed by atoms with van der Waals surface area (Å²) in [6.07, 6.45) is 3.25. The van der Waals surface area contributed by atoms with Gasteiger partial charge in [-0.05, 0) is 30.4 Å². The van der Waals surface area contributed by atoms with E-state index in [4.69, 9.17) is 4.74 Å². The summed E-state index contributed by atoms with van der Waals surface area (Å²) in [5, 5.41) is 9.41. The van der Waals surface area contributed by atoms with Gasteiger partial charge in [-0.2, -0.15) is 0 Å². The average Bonchev–Trinajstić information content (AvgIpc) is 2.38. The second kappa shape index (κ2) is 5.46. The molecule has 0 radical (unpaired) electrons. The van der Waals surface area contributed by atoms with Crippen LogP contribution in [0.4, 0.5) is 0 Å².